The first kappa shape index (κ1) is 49.4. The molecule has 1 rings (SSSR count). The number of unbranched alkanes of at least 4 members (excludes halogenated alkanes) is 20. The largest absolute Gasteiger partial charge is 0.462 e. The van der Waals surface area contributed by atoms with Crippen LogP contribution in [0.1, 0.15) is 174 Å². The maximum atomic E-state index is 12.7. The number of aliphatic hydroxyl groups is 3. The van der Waals surface area contributed by atoms with Gasteiger partial charge in [-0.1, -0.05) is 135 Å². The molecule has 1 fully saturated rings. The van der Waals surface area contributed by atoms with E-state index in [9.17, 15) is 37.9 Å². The summed E-state index contributed by atoms with van der Waals surface area (Å²) in [6, 6.07) is 0. The Balaban J connectivity index is 2.47. The molecular formula is C40H74O12S. The van der Waals surface area contributed by atoms with Crippen molar-refractivity contribution in [2.24, 2.45) is 0 Å². The topological polar surface area (TPSA) is 186 Å². The molecule has 13 heteroatoms. The molecule has 12 nitrogen and oxygen atoms in total. The third-order valence-electron chi connectivity index (χ3n) is 9.60. The van der Waals surface area contributed by atoms with Crippen LogP contribution in [0.5, 0.6) is 0 Å². The van der Waals surface area contributed by atoms with Gasteiger partial charge in [-0.25, -0.2) is 0 Å². The number of ether oxygens (including phenoxy) is 4. The van der Waals surface area contributed by atoms with Gasteiger partial charge in [-0.05, 0) is 38.5 Å². The molecule has 1 aliphatic heterocycles. The van der Waals surface area contributed by atoms with E-state index in [4.69, 9.17) is 18.9 Å². The molecule has 0 bridgehead atoms. The summed E-state index contributed by atoms with van der Waals surface area (Å²) < 4.78 is 53.8. The van der Waals surface area contributed by atoms with Crippen molar-refractivity contribution in [3.8, 4) is 0 Å². The number of carbonyl (C=O) groups is 2. The van der Waals surface area contributed by atoms with Crippen molar-refractivity contribution >= 4 is 22.1 Å². The fourth-order valence-corrected chi connectivity index (χ4v) is 7.01. The Hall–Kier alpha value is -1.61. The third-order valence-corrected chi connectivity index (χ3v) is 10.3. The normalized spacial score (nSPS) is 21.2. The van der Waals surface area contributed by atoms with Gasteiger partial charge >= 0.3 is 11.9 Å². The van der Waals surface area contributed by atoms with E-state index in [0.29, 0.717) is 12.8 Å². The summed E-state index contributed by atoms with van der Waals surface area (Å²) in [4.78, 5) is 25.2. The van der Waals surface area contributed by atoms with E-state index in [0.717, 1.165) is 44.9 Å². The van der Waals surface area contributed by atoms with Gasteiger partial charge < -0.3 is 34.3 Å². The molecule has 1 heterocycles. The van der Waals surface area contributed by atoms with E-state index in [2.05, 4.69) is 26.0 Å². The molecule has 0 amide bonds. The smallest absolute Gasteiger partial charge is 0.306 e. The van der Waals surface area contributed by atoms with Crippen LogP contribution in [0.15, 0.2) is 12.2 Å². The molecule has 0 radical (unpaired) electrons. The van der Waals surface area contributed by atoms with Crippen LogP contribution in [-0.4, -0.2) is 96.0 Å². The van der Waals surface area contributed by atoms with Crippen molar-refractivity contribution in [3.05, 3.63) is 12.2 Å². The molecule has 1 aliphatic rings. The summed E-state index contributed by atoms with van der Waals surface area (Å²) in [6.45, 7) is 3.71. The van der Waals surface area contributed by atoms with Crippen molar-refractivity contribution in [1.29, 1.82) is 0 Å². The van der Waals surface area contributed by atoms with Gasteiger partial charge in [-0.3, -0.25) is 14.1 Å². The molecular weight excluding hydrogens is 704 g/mol. The zero-order valence-electron chi connectivity index (χ0n) is 32.9. The third kappa shape index (κ3) is 26.8. The highest BCUT2D eigenvalue weighted by molar-refractivity contribution is 7.85. The second kappa shape index (κ2) is 31.6. The highest BCUT2D eigenvalue weighted by Gasteiger charge is 2.46. The molecule has 1 saturated heterocycles. The first-order chi connectivity index (χ1) is 25.5. The van der Waals surface area contributed by atoms with Gasteiger partial charge in [-0.2, -0.15) is 8.42 Å². The molecule has 312 valence electrons. The van der Waals surface area contributed by atoms with Crippen LogP contribution in [-0.2, 0) is 38.7 Å². The lowest BCUT2D eigenvalue weighted by atomic mass is 10.00. The van der Waals surface area contributed by atoms with Gasteiger partial charge in [0.1, 0.15) is 36.8 Å². The van der Waals surface area contributed by atoms with Crippen molar-refractivity contribution < 1.29 is 56.8 Å². The van der Waals surface area contributed by atoms with E-state index in [1.165, 1.54) is 89.9 Å². The fourth-order valence-electron chi connectivity index (χ4n) is 6.32. The molecule has 53 heavy (non-hydrogen) atoms. The SMILES string of the molecule is CCCCCC/C=C/CCCCCCCCCC(=O)OC[C@H](CO[C@H]1O[C@H](CS(=O)(=O)O)[C@@H](O)C(O)C1O)OC(=O)CCCCCCCCCCCC. The predicted octanol–water partition coefficient (Wildman–Crippen LogP) is 7.50. The summed E-state index contributed by atoms with van der Waals surface area (Å²) in [5.41, 5.74) is 0. The van der Waals surface area contributed by atoms with Crippen LogP contribution in [0.4, 0.5) is 0 Å². The minimum atomic E-state index is -4.59. The lowest BCUT2D eigenvalue weighted by molar-refractivity contribution is -0.297. The lowest BCUT2D eigenvalue weighted by Crippen LogP contribution is -2.60. The first-order valence-corrected chi connectivity index (χ1v) is 22.4. The Morgan fingerprint density at radius 2 is 1.08 bits per heavy atom. The monoisotopic (exact) mass is 778 g/mol. The van der Waals surface area contributed by atoms with Crippen LogP contribution in [0.2, 0.25) is 0 Å². The zero-order valence-corrected chi connectivity index (χ0v) is 33.7. The minimum Gasteiger partial charge on any atom is -0.462 e. The number of esters is 2. The number of hydrogen-bond acceptors (Lipinski definition) is 11. The van der Waals surface area contributed by atoms with E-state index in [1.807, 2.05) is 0 Å². The lowest BCUT2D eigenvalue weighted by Gasteiger charge is -2.40. The quantitative estimate of drug-likeness (QED) is 0.0219. The van der Waals surface area contributed by atoms with Crippen LogP contribution in [0.25, 0.3) is 0 Å². The Morgan fingerprint density at radius 1 is 0.623 bits per heavy atom. The Kier molecular flexibility index (Phi) is 29.4. The number of hydrogen-bond donors (Lipinski definition) is 4. The van der Waals surface area contributed by atoms with Crippen molar-refractivity contribution in [1.82, 2.24) is 0 Å². The molecule has 0 aromatic carbocycles. The second-order valence-electron chi connectivity index (χ2n) is 14.7. The van der Waals surface area contributed by atoms with Crippen LogP contribution < -0.4 is 0 Å². The van der Waals surface area contributed by atoms with E-state index >= 15 is 0 Å². The molecule has 6 atom stereocenters. The summed E-state index contributed by atoms with van der Waals surface area (Å²) >= 11 is 0. The highest BCUT2D eigenvalue weighted by Crippen LogP contribution is 2.24. The maximum absolute atomic E-state index is 12.7. The number of aliphatic hydroxyl groups excluding tert-OH is 3. The first-order valence-electron chi connectivity index (χ1n) is 20.7. The maximum Gasteiger partial charge on any atom is 0.306 e. The summed E-state index contributed by atoms with van der Waals surface area (Å²) in [5, 5.41) is 30.8. The van der Waals surface area contributed by atoms with Crippen molar-refractivity contribution in [2.45, 2.75) is 211 Å². The summed E-state index contributed by atoms with van der Waals surface area (Å²) in [6.07, 6.45) is 21.3. The average molecular weight is 779 g/mol. The van der Waals surface area contributed by atoms with Crippen molar-refractivity contribution in [2.75, 3.05) is 19.0 Å². The van der Waals surface area contributed by atoms with Gasteiger partial charge in [0.15, 0.2) is 12.4 Å². The molecule has 2 unspecified atom stereocenters. The Morgan fingerprint density at radius 3 is 1.58 bits per heavy atom. The molecule has 0 aliphatic carbocycles. The molecule has 4 N–H and O–H groups in total. The molecule has 0 spiro atoms. The van der Waals surface area contributed by atoms with E-state index < -0.39 is 71.2 Å². The van der Waals surface area contributed by atoms with Gasteiger partial charge in [0.05, 0.1) is 6.61 Å². The van der Waals surface area contributed by atoms with Crippen LogP contribution >= 0.6 is 0 Å². The molecule has 0 aromatic heterocycles. The molecule has 0 saturated carbocycles. The fraction of sp³-hybridized carbons (Fsp3) is 0.900. The van der Waals surface area contributed by atoms with Gasteiger partial charge in [0.25, 0.3) is 10.1 Å². The highest BCUT2D eigenvalue weighted by atomic mass is 32.2. The van der Waals surface area contributed by atoms with Gasteiger partial charge in [-0.15, -0.1) is 0 Å². The molecule has 0 aromatic rings. The van der Waals surface area contributed by atoms with E-state index in [-0.39, 0.29) is 19.4 Å². The van der Waals surface area contributed by atoms with Gasteiger partial charge in [0, 0.05) is 12.8 Å². The summed E-state index contributed by atoms with van der Waals surface area (Å²) in [5.74, 6) is -1.98. The predicted molar refractivity (Wildman–Crippen MR) is 206 cm³/mol. The van der Waals surface area contributed by atoms with E-state index in [1.54, 1.807) is 0 Å². The number of rotatable bonds is 34. The standard InChI is InChI=1S/C40H74O12S/c1-3-5-7-9-11-13-15-16-17-18-19-21-22-24-26-28-35(41)49-30-33(51-36(42)29-27-25-23-20-14-12-10-8-6-4-2)31-50-40-39(45)38(44)37(43)34(52-40)32-53(46,47)48/h13,15,33-34,37-40,43-45H,3-12,14,16-32H2,1-2H3,(H,46,47,48)/b15-13+/t33-,34-,37-,38?,39?,40+/m1/s1. The number of carbonyl (C=O) groups excluding carboxylic acids is 2. The van der Waals surface area contributed by atoms with Crippen molar-refractivity contribution in [3.63, 3.8) is 0 Å². The van der Waals surface area contributed by atoms with Gasteiger partial charge in [0.2, 0.25) is 0 Å². The van der Waals surface area contributed by atoms with Crippen LogP contribution in [0.3, 0.4) is 0 Å². The summed E-state index contributed by atoms with van der Waals surface area (Å²) in [7, 11) is -4.59. The zero-order chi connectivity index (χ0) is 39.2. The number of allylic oxidation sites excluding steroid dienone is 2. The Bertz CT molecular complexity index is 1050. The van der Waals surface area contributed by atoms with Crippen LogP contribution in [0, 0.1) is 0 Å². The second-order valence-corrected chi connectivity index (χ2v) is 16.2. The average Bonchev–Trinajstić information content (AvgIpc) is 3.12. The Labute approximate surface area is 320 Å². The minimum absolute atomic E-state index is 0.167.